The van der Waals surface area contributed by atoms with Gasteiger partial charge in [-0.1, -0.05) is 54.6 Å². The number of benzene rings is 3. The molecule has 0 unspecified atom stereocenters. The zero-order chi connectivity index (χ0) is 26.5. The van der Waals surface area contributed by atoms with E-state index >= 15 is 0 Å². The first-order valence-corrected chi connectivity index (χ1v) is 12.5. The zero-order valence-electron chi connectivity index (χ0n) is 21.0. The summed E-state index contributed by atoms with van der Waals surface area (Å²) in [6, 6.07) is 24.3. The van der Waals surface area contributed by atoms with Crippen LogP contribution in [0.3, 0.4) is 0 Å². The highest BCUT2D eigenvalue weighted by Gasteiger charge is 2.35. The average molecular weight is 518 g/mol. The molecule has 2 N–H and O–H groups in total. The highest BCUT2D eigenvalue weighted by Crippen LogP contribution is 2.29. The van der Waals surface area contributed by atoms with Crippen LogP contribution >= 0.6 is 0 Å². The van der Waals surface area contributed by atoms with Gasteiger partial charge in [0.2, 0.25) is 0 Å². The van der Waals surface area contributed by atoms with Crippen molar-refractivity contribution in [3.05, 3.63) is 102 Å². The van der Waals surface area contributed by atoms with Crippen molar-refractivity contribution in [2.24, 2.45) is 0 Å². The monoisotopic (exact) mass is 517 g/mol. The molecule has 5 rings (SSSR count). The van der Waals surface area contributed by atoms with E-state index in [1.54, 1.807) is 17.9 Å². The topological polar surface area (TPSA) is 71.4 Å². The van der Waals surface area contributed by atoms with Gasteiger partial charge in [-0.25, -0.2) is 18.3 Å². The van der Waals surface area contributed by atoms with Crippen LogP contribution in [0.2, 0.25) is 0 Å². The van der Waals surface area contributed by atoms with E-state index in [4.69, 9.17) is 9.84 Å². The van der Waals surface area contributed by atoms with Crippen molar-refractivity contribution in [2.45, 2.75) is 12.0 Å². The molecule has 1 saturated heterocycles. The lowest BCUT2D eigenvalue weighted by atomic mass is 9.94. The normalized spacial score (nSPS) is 17.4. The van der Waals surface area contributed by atoms with Crippen LogP contribution in [0.15, 0.2) is 84.9 Å². The Balaban J connectivity index is 1.38. The standard InChI is InChI=1S/C29H29F2N5O2/c1-38-15-14-35-18-23(21-12-13-24(30)25(31)16-21)27(19-35)32-29(37)33-28-17-26(20-8-4-2-5-9-20)34-36(28)22-10-6-3-7-11-22/h2-13,16-17,23,27H,14-15,18-19H2,1H3,(H2,32,33,37)/t23-,27+/m0/s1. The number of carbonyl (C=O) groups excluding carboxylic acids is 1. The van der Waals surface area contributed by atoms with Crippen molar-refractivity contribution in [3.8, 4) is 16.9 Å². The number of rotatable bonds is 8. The van der Waals surface area contributed by atoms with E-state index in [0.29, 0.717) is 37.6 Å². The first-order valence-electron chi connectivity index (χ1n) is 12.5. The number of hydrogen-bond acceptors (Lipinski definition) is 4. The molecule has 0 radical (unpaired) electrons. The molecule has 196 valence electrons. The summed E-state index contributed by atoms with van der Waals surface area (Å²) in [5, 5.41) is 10.7. The molecule has 2 heterocycles. The number of methoxy groups -OCH3 is 1. The van der Waals surface area contributed by atoms with Gasteiger partial charge in [-0.2, -0.15) is 5.10 Å². The van der Waals surface area contributed by atoms with Gasteiger partial charge in [0.15, 0.2) is 11.6 Å². The SMILES string of the molecule is COCCN1C[C@@H](NC(=O)Nc2cc(-c3ccccc3)nn2-c2ccccc2)[C@H](c2ccc(F)c(F)c2)C1. The van der Waals surface area contributed by atoms with Crippen LogP contribution in [-0.2, 0) is 4.74 Å². The van der Waals surface area contributed by atoms with Gasteiger partial charge in [-0.05, 0) is 29.8 Å². The Hall–Kier alpha value is -4.08. The summed E-state index contributed by atoms with van der Waals surface area (Å²) in [5.74, 6) is -1.51. The molecular weight excluding hydrogens is 488 g/mol. The number of amides is 2. The third-order valence-electron chi connectivity index (χ3n) is 6.72. The van der Waals surface area contributed by atoms with Crippen molar-refractivity contribution in [1.82, 2.24) is 20.0 Å². The molecule has 1 aliphatic rings. The van der Waals surface area contributed by atoms with Crippen LogP contribution in [0.1, 0.15) is 11.5 Å². The summed E-state index contributed by atoms with van der Waals surface area (Å²) in [4.78, 5) is 15.4. The summed E-state index contributed by atoms with van der Waals surface area (Å²) in [5.41, 5.74) is 3.08. The van der Waals surface area contributed by atoms with Crippen molar-refractivity contribution in [2.75, 3.05) is 38.7 Å². The number of nitrogens with zero attached hydrogens (tertiary/aromatic N) is 3. The van der Waals surface area contributed by atoms with E-state index in [9.17, 15) is 13.6 Å². The van der Waals surface area contributed by atoms with Crippen molar-refractivity contribution in [3.63, 3.8) is 0 Å². The second-order valence-electron chi connectivity index (χ2n) is 9.27. The number of aromatic nitrogens is 2. The van der Waals surface area contributed by atoms with Gasteiger partial charge in [0.1, 0.15) is 5.82 Å². The van der Waals surface area contributed by atoms with Gasteiger partial charge in [-0.3, -0.25) is 10.2 Å². The predicted molar refractivity (Wildman–Crippen MR) is 142 cm³/mol. The van der Waals surface area contributed by atoms with Crippen LogP contribution in [0.5, 0.6) is 0 Å². The molecule has 2 amide bonds. The van der Waals surface area contributed by atoms with Gasteiger partial charge in [-0.15, -0.1) is 0 Å². The van der Waals surface area contributed by atoms with Crippen molar-refractivity contribution < 1.29 is 18.3 Å². The Bertz CT molecular complexity index is 1380. The van der Waals surface area contributed by atoms with Gasteiger partial charge in [0.25, 0.3) is 0 Å². The first kappa shape index (κ1) is 25.6. The van der Waals surface area contributed by atoms with E-state index in [2.05, 4.69) is 15.5 Å². The molecule has 7 nitrogen and oxygen atoms in total. The van der Waals surface area contributed by atoms with E-state index < -0.39 is 17.7 Å². The second kappa shape index (κ2) is 11.5. The van der Waals surface area contributed by atoms with Crippen LogP contribution in [-0.4, -0.2) is 60.1 Å². The fourth-order valence-electron chi connectivity index (χ4n) is 4.82. The molecule has 2 atom stereocenters. The van der Waals surface area contributed by atoms with E-state index in [-0.39, 0.29) is 12.0 Å². The number of hydrogen-bond donors (Lipinski definition) is 2. The first-order chi connectivity index (χ1) is 18.5. The Labute approximate surface area is 220 Å². The molecule has 1 aromatic heterocycles. The molecular formula is C29H29F2N5O2. The van der Waals surface area contributed by atoms with Gasteiger partial charge in [0, 0.05) is 44.3 Å². The highest BCUT2D eigenvalue weighted by atomic mass is 19.2. The second-order valence-corrected chi connectivity index (χ2v) is 9.27. The lowest BCUT2D eigenvalue weighted by Gasteiger charge is -2.21. The van der Waals surface area contributed by atoms with Crippen LogP contribution in [0, 0.1) is 11.6 Å². The van der Waals surface area contributed by atoms with Crippen molar-refractivity contribution in [1.29, 1.82) is 0 Å². The lowest BCUT2D eigenvalue weighted by molar-refractivity contribution is 0.159. The fraction of sp³-hybridized carbons (Fsp3) is 0.241. The fourth-order valence-corrected chi connectivity index (χ4v) is 4.82. The minimum Gasteiger partial charge on any atom is -0.383 e. The largest absolute Gasteiger partial charge is 0.383 e. The smallest absolute Gasteiger partial charge is 0.320 e. The summed E-state index contributed by atoms with van der Waals surface area (Å²) in [6.45, 7) is 2.33. The van der Waals surface area contributed by atoms with Crippen LogP contribution in [0.25, 0.3) is 16.9 Å². The molecule has 0 saturated carbocycles. The van der Waals surface area contributed by atoms with E-state index in [1.165, 1.54) is 6.07 Å². The Morgan fingerprint density at radius 2 is 1.71 bits per heavy atom. The summed E-state index contributed by atoms with van der Waals surface area (Å²) < 4.78 is 34.5. The molecule has 0 bridgehead atoms. The number of nitrogens with one attached hydrogen (secondary N) is 2. The number of anilines is 1. The van der Waals surface area contributed by atoms with Gasteiger partial charge in [0.05, 0.1) is 24.0 Å². The number of urea groups is 1. The zero-order valence-corrected chi connectivity index (χ0v) is 21.0. The third kappa shape index (κ3) is 5.74. The molecule has 38 heavy (non-hydrogen) atoms. The number of ether oxygens (including phenoxy) is 1. The molecule has 9 heteroatoms. The summed E-state index contributed by atoms with van der Waals surface area (Å²) >= 11 is 0. The maximum absolute atomic E-state index is 14.0. The van der Waals surface area contributed by atoms with Crippen LogP contribution < -0.4 is 10.6 Å². The summed E-state index contributed by atoms with van der Waals surface area (Å²) in [7, 11) is 1.63. The summed E-state index contributed by atoms with van der Waals surface area (Å²) in [6.07, 6.45) is 0. The molecule has 0 aliphatic carbocycles. The molecule has 3 aromatic carbocycles. The Morgan fingerprint density at radius 3 is 2.42 bits per heavy atom. The lowest BCUT2D eigenvalue weighted by Crippen LogP contribution is -2.42. The third-order valence-corrected chi connectivity index (χ3v) is 6.72. The van der Waals surface area contributed by atoms with Gasteiger partial charge >= 0.3 is 6.03 Å². The Kier molecular flexibility index (Phi) is 7.76. The molecule has 1 fully saturated rings. The number of carbonyl (C=O) groups is 1. The minimum atomic E-state index is -0.902. The van der Waals surface area contributed by atoms with Crippen molar-refractivity contribution >= 4 is 11.8 Å². The van der Waals surface area contributed by atoms with E-state index in [0.717, 1.165) is 23.0 Å². The van der Waals surface area contributed by atoms with Gasteiger partial charge < -0.3 is 10.1 Å². The van der Waals surface area contributed by atoms with Crippen LogP contribution in [0.4, 0.5) is 19.4 Å². The molecule has 0 spiro atoms. The maximum atomic E-state index is 14.0. The molecule has 1 aliphatic heterocycles. The maximum Gasteiger partial charge on any atom is 0.320 e. The van der Waals surface area contributed by atoms with E-state index in [1.807, 2.05) is 66.7 Å². The quantitative estimate of drug-likeness (QED) is 0.343. The highest BCUT2D eigenvalue weighted by molar-refractivity contribution is 5.89. The predicted octanol–water partition coefficient (Wildman–Crippen LogP) is 5.05. The number of halogens is 2. The minimum absolute atomic E-state index is 0.216. The number of likely N-dealkylation sites (tertiary alicyclic amines) is 1. The number of para-hydroxylation sites is 1. The average Bonchev–Trinajstić information content (AvgIpc) is 3.54. The molecule has 4 aromatic rings. The Morgan fingerprint density at radius 1 is 0.974 bits per heavy atom.